The summed E-state index contributed by atoms with van der Waals surface area (Å²) >= 11 is 0. The molecule has 0 bridgehead atoms. The number of allylic oxidation sites excluding steroid dienone is 5. The van der Waals surface area contributed by atoms with E-state index in [9.17, 15) is 0 Å². The van der Waals surface area contributed by atoms with Crippen LogP contribution in [0.1, 0.15) is 41.9 Å². The molecule has 0 N–H and O–H groups in total. The van der Waals surface area contributed by atoms with E-state index in [2.05, 4.69) is 189 Å². The summed E-state index contributed by atoms with van der Waals surface area (Å²) in [5.74, 6) is 1.33. The summed E-state index contributed by atoms with van der Waals surface area (Å²) in [5.41, 5.74) is 17.1. The molecule has 2 nitrogen and oxygen atoms in total. The average Bonchev–Trinajstić information content (AvgIpc) is 3.65. The van der Waals surface area contributed by atoms with Gasteiger partial charge in [0.25, 0.3) is 0 Å². The fourth-order valence-electron chi connectivity index (χ4n) is 8.66. The molecule has 0 amide bonds. The Hall–Kier alpha value is -6.12. The van der Waals surface area contributed by atoms with E-state index in [-0.39, 0.29) is 11.3 Å². The molecule has 0 radical (unpaired) electrons. The molecule has 244 valence electrons. The Labute approximate surface area is 299 Å². The summed E-state index contributed by atoms with van der Waals surface area (Å²) < 4.78 is 6.37. The number of hydrogen-bond acceptors (Lipinski definition) is 2. The van der Waals surface area contributed by atoms with E-state index in [1.165, 1.54) is 61.0 Å². The summed E-state index contributed by atoms with van der Waals surface area (Å²) in [5, 5.41) is 1.18. The quantitative estimate of drug-likeness (QED) is 0.183. The van der Waals surface area contributed by atoms with Gasteiger partial charge in [-0.2, -0.15) is 0 Å². The van der Waals surface area contributed by atoms with Crippen molar-refractivity contribution in [3.8, 4) is 22.3 Å². The zero-order valence-electron chi connectivity index (χ0n) is 28.8. The number of rotatable bonds is 5. The first-order valence-corrected chi connectivity index (χ1v) is 17.9. The van der Waals surface area contributed by atoms with Crippen molar-refractivity contribution in [1.82, 2.24) is 0 Å². The molecule has 0 aliphatic heterocycles. The van der Waals surface area contributed by atoms with Crippen LogP contribution in [0, 0.1) is 5.92 Å². The molecule has 1 heterocycles. The molecule has 2 heteroatoms. The maximum Gasteiger partial charge on any atom is 0.134 e. The van der Waals surface area contributed by atoms with Crippen molar-refractivity contribution >= 4 is 39.7 Å². The number of hydrogen-bond donors (Lipinski definition) is 0. The van der Waals surface area contributed by atoms with Gasteiger partial charge in [0.1, 0.15) is 11.3 Å². The Bertz CT molecular complexity index is 2580. The minimum Gasteiger partial charge on any atom is -0.460 e. The Kier molecular flexibility index (Phi) is 6.69. The standard InChI is InChI=1S/C49H37NO/c1-49(2)44-20-9-6-16-38(44)39-28-27-36(30-45(39)49)50(35-25-23-33(24-26-35)32-13-4-3-5-14-32)46-21-10-7-17-40(46)37-19-12-15-34-29-48-43(31-42(34)37)41-18-8-11-22-47(41)51-48/h3-28,30-31,34H,29H2,1-2H3. The lowest BCUT2D eigenvalue weighted by Gasteiger charge is -2.32. The van der Waals surface area contributed by atoms with Crippen LogP contribution in [0.5, 0.6) is 0 Å². The Morgan fingerprint density at radius 1 is 0.627 bits per heavy atom. The van der Waals surface area contributed by atoms with E-state index >= 15 is 0 Å². The lowest BCUT2D eigenvalue weighted by molar-refractivity contribution is 0.522. The largest absolute Gasteiger partial charge is 0.460 e. The molecule has 10 rings (SSSR count). The minimum atomic E-state index is -0.105. The van der Waals surface area contributed by atoms with Crippen LogP contribution in [0.2, 0.25) is 0 Å². The van der Waals surface area contributed by atoms with Gasteiger partial charge in [-0.15, -0.1) is 0 Å². The van der Waals surface area contributed by atoms with Crippen LogP contribution in [-0.4, -0.2) is 0 Å². The number of furan rings is 1. The van der Waals surface area contributed by atoms with Gasteiger partial charge in [-0.3, -0.25) is 0 Å². The lowest BCUT2D eigenvalue weighted by Crippen LogP contribution is -2.18. The second-order valence-corrected chi connectivity index (χ2v) is 14.5. The molecule has 0 fully saturated rings. The summed E-state index contributed by atoms with van der Waals surface area (Å²) in [6.07, 6.45) is 10.1. The maximum atomic E-state index is 6.37. The highest BCUT2D eigenvalue weighted by atomic mass is 16.3. The third-order valence-corrected chi connectivity index (χ3v) is 11.2. The van der Waals surface area contributed by atoms with Gasteiger partial charge in [-0.25, -0.2) is 0 Å². The van der Waals surface area contributed by atoms with E-state index in [0.29, 0.717) is 0 Å². The highest BCUT2D eigenvalue weighted by Crippen LogP contribution is 2.52. The van der Waals surface area contributed by atoms with Crippen molar-refractivity contribution < 1.29 is 4.42 Å². The second kappa shape index (κ2) is 11.5. The summed E-state index contributed by atoms with van der Waals surface area (Å²) in [7, 11) is 0. The van der Waals surface area contributed by atoms with Gasteiger partial charge in [-0.1, -0.05) is 141 Å². The van der Waals surface area contributed by atoms with E-state index in [1.54, 1.807) is 0 Å². The molecule has 1 atom stereocenters. The molecule has 3 aliphatic carbocycles. The molecule has 6 aromatic carbocycles. The fourth-order valence-corrected chi connectivity index (χ4v) is 8.66. The smallest absolute Gasteiger partial charge is 0.134 e. The first kappa shape index (κ1) is 29.8. The molecule has 0 saturated heterocycles. The molecular weight excluding hydrogens is 619 g/mol. The van der Waals surface area contributed by atoms with Crippen molar-refractivity contribution in [3.63, 3.8) is 0 Å². The van der Waals surface area contributed by atoms with Crippen molar-refractivity contribution in [2.24, 2.45) is 5.92 Å². The second-order valence-electron chi connectivity index (χ2n) is 14.5. The number of benzene rings is 6. The van der Waals surface area contributed by atoms with Crippen LogP contribution >= 0.6 is 0 Å². The fraction of sp³-hybridized carbons (Fsp3) is 0.102. The van der Waals surface area contributed by atoms with Gasteiger partial charge >= 0.3 is 0 Å². The SMILES string of the molecule is CC1(C)c2ccccc2-c2ccc(N(c3ccc(-c4ccccc4)cc3)c3ccccc3C3=CC=CC4Cc5oc6ccccc6c5C=C34)cc21. The molecule has 3 aliphatic rings. The average molecular weight is 656 g/mol. The molecule has 7 aromatic rings. The van der Waals surface area contributed by atoms with Crippen molar-refractivity contribution in [3.05, 3.63) is 197 Å². The molecule has 1 aromatic heterocycles. The van der Waals surface area contributed by atoms with E-state index in [4.69, 9.17) is 4.42 Å². The first-order chi connectivity index (χ1) is 25.0. The third-order valence-electron chi connectivity index (χ3n) is 11.2. The molecule has 0 saturated carbocycles. The lowest BCUT2D eigenvalue weighted by atomic mass is 9.77. The van der Waals surface area contributed by atoms with Gasteiger partial charge in [0.05, 0.1) is 5.69 Å². The van der Waals surface area contributed by atoms with Gasteiger partial charge < -0.3 is 9.32 Å². The van der Waals surface area contributed by atoms with Crippen LogP contribution < -0.4 is 4.90 Å². The monoisotopic (exact) mass is 655 g/mol. The van der Waals surface area contributed by atoms with Gasteiger partial charge in [0.15, 0.2) is 0 Å². The summed E-state index contributed by atoms with van der Waals surface area (Å²) in [6.45, 7) is 4.72. The normalized spacial score (nSPS) is 16.5. The van der Waals surface area contributed by atoms with Crippen molar-refractivity contribution in [2.45, 2.75) is 25.7 Å². The summed E-state index contributed by atoms with van der Waals surface area (Å²) in [6, 6.07) is 53.0. The van der Waals surface area contributed by atoms with Crippen LogP contribution in [0.15, 0.2) is 174 Å². The highest BCUT2D eigenvalue weighted by Gasteiger charge is 2.36. The number of para-hydroxylation sites is 2. The van der Waals surface area contributed by atoms with Crippen LogP contribution in [0.4, 0.5) is 17.1 Å². The highest BCUT2D eigenvalue weighted by molar-refractivity contribution is 5.99. The Morgan fingerprint density at radius 2 is 1.31 bits per heavy atom. The van der Waals surface area contributed by atoms with Crippen molar-refractivity contribution in [1.29, 1.82) is 0 Å². The van der Waals surface area contributed by atoms with Crippen LogP contribution in [0.3, 0.4) is 0 Å². The third kappa shape index (κ3) is 4.71. The zero-order valence-corrected chi connectivity index (χ0v) is 28.8. The van der Waals surface area contributed by atoms with Crippen LogP contribution in [-0.2, 0) is 11.8 Å². The predicted octanol–water partition coefficient (Wildman–Crippen LogP) is 13.1. The van der Waals surface area contributed by atoms with E-state index in [0.717, 1.165) is 34.8 Å². The molecule has 1 unspecified atom stereocenters. The van der Waals surface area contributed by atoms with Gasteiger partial charge in [-0.05, 0) is 87.0 Å². The topological polar surface area (TPSA) is 16.4 Å². The predicted molar refractivity (Wildman–Crippen MR) is 213 cm³/mol. The molecule has 51 heavy (non-hydrogen) atoms. The number of fused-ring (bicyclic) bond motifs is 7. The first-order valence-electron chi connectivity index (χ1n) is 17.9. The number of nitrogens with zero attached hydrogens (tertiary/aromatic N) is 1. The Balaban J connectivity index is 1.15. The van der Waals surface area contributed by atoms with Gasteiger partial charge in [0.2, 0.25) is 0 Å². The van der Waals surface area contributed by atoms with E-state index in [1.807, 2.05) is 0 Å². The molecular formula is C49H37NO. The maximum absolute atomic E-state index is 6.37. The van der Waals surface area contributed by atoms with E-state index < -0.39 is 0 Å². The summed E-state index contributed by atoms with van der Waals surface area (Å²) in [4.78, 5) is 2.46. The Morgan fingerprint density at radius 3 is 2.18 bits per heavy atom. The number of anilines is 3. The van der Waals surface area contributed by atoms with Crippen molar-refractivity contribution in [2.75, 3.05) is 4.90 Å². The van der Waals surface area contributed by atoms with Crippen LogP contribution in [0.25, 0.3) is 44.9 Å². The minimum absolute atomic E-state index is 0.105. The molecule has 0 spiro atoms. The zero-order chi connectivity index (χ0) is 34.1. The van der Waals surface area contributed by atoms with Gasteiger partial charge in [0, 0.05) is 45.6 Å².